The highest BCUT2D eigenvalue weighted by Crippen LogP contribution is 2.30. The van der Waals surface area contributed by atoms with Gasteiger partial charge >= 0.3 is 0 Å². The largest absolute Gasteiger partial charge is 0.342 e. The minimum atomic E-state index is -0.281. The van der Waals surface area contributed by atoms with Crippen LogP contribution in [0.4, 0.5) is 10.1 Å². The van der Waals surface area contributed by atoms with Crippen LogP contribution in [-0.2, 0) is 22.4 Å². The molecule has 0 radical (unpaired) electrons. The van der Waals surface area contributed by atoms with Crippen LogP contribution in [0, 0.1) is 11.7 Å². The van der Waals surface area contributed by atoms with E-state index in [1.54, 1.807) is 17.0 Å². The number of carbonyl (C=O) groups excluding carboxylic acids is 2. The molecular formula is C22H23FN2O2. The number of rotatable bonds is 4. The summed E-state index contributed by atoms with van der Waals surface area (Å²) in [5.74, 6) is -0.458. The highest BCUT2D eigenvalue weighted by Gasteiger charge is 2.37. The summed E-state index contributed by atoms with van der Waals surface area (Å²) in [5, 5.41) is 0. The Morgan fingerprint density at radius 3 is 2.70 bits per heavy atom. The van der Waals surface area contributed by atoms with Crippen molar-refractivity contribution in [3.8, 4) is 0 Å². The molecule has 0 aliphatic carbocycles. The van der Waals surface area contributed by atoms with Crippen molar-refractivity contribution in [2.24, 2.45) is 5.92 Å². The van der Waals surface area contributed by atoms with Crippen molar-refractivity contribution < 1.29 is 14.0 Å². The van der Waals surface area contributed by atoms with Crippen LogP contribution >= 0.6 is 0 Å². The normalized spacial score (nSPS) is 19.3. The van der Waals surface area contributed by atoms with Gasteiger partial charge < -0.3 is 9.80 Å². The summed E-state index contributed by atoms with van der Waals surface area (Å²) in [6.45, 7) is 1.75. The molecule has 2 aromatic carbocycles. The molecule has 2 aliphatic heterocycles. The van der Waals surface area contributed by atoms with E-state index in [2.05, 4.69) is 6.07 Å². The molecule has 27 heavy (non-hydrogen) atoms. The van der Waals surface area contributed by atoms with Gasteiger partial charge in [0.05, 0.1) is 5.92 Å². The molecule has 2 heterocycles. The molecular weight excluding hydrogens is 343 g/mol. The van der Waals surface area contributed by atoms with Gasteiger partial charge in [-0.25, -0.2) is 4.39 Å². The van der Waals surface area contributed by atoms with Crippen LogP contribution in [0.1, 0.15) is 24.0 Å². The minimum Gasteiger partial charge on any atom is -0.342 e. The Bertz CT molecular complexity index is 850. The van der Waals surface area contributed by atoms with Crippen molar-refractivity contribution in [3.63, 3.8) is 0 Å². The smallest absolute Gasteiger partial charge is 0.232 e. The lowest BCUT2D eigenvalue weighted by molar-refractivity contribution is -0.128. The van der Waals surface area contributed by atoms with E-state index >= 15 is 0 Å². The van der Waals surface area contributed by atoms with Gasteiger partial charge in [-0.1, -0.05) is 30.3 Å². The van der Waals surface area contributed by atoms with Crippen molar-refractivity contribution >= 4 is 17.5 Å². The zero-order chi connectivity index (χ0) is 18.8. The fraction of sp³-hybridized carbons (Fsp3) is 0.364. The Morgan fingerprint density at radius 2 is 1.89 bits per heavy atom. The molecule has 0 N–H and O–H groups in total. The van der Waals surface area contributed by atoms with E-state index < -0.39 is 0 Å². The molecule has 2 amide bonds. The van der Waals surface area contributed by atoms with E-state index in [1.807, 2.05) is 23.1 Å². The van der Waals surface area contributed by atoms with E-state index in [1.165, 1.54) is 17.7 Å². The topological polar surface area (TPSA) is 40.6 Å². The number of halogens is 1. The van der Waals surface area contributed by atoms with E-state index in [0.29, 0.717) is 19.5 Å². The zero-order valence-corrected chi connectivity index (χ0v) is 15.2. The third kappa shape index (κ3) is 3.72. The van der Waals surface area contributed by atoms with Gasteiger partial charge in [-0.2, -0.15) is 0 Å². The van der Waals surface area contributed by atoms with Crippen LogP contribution in [0.5, 0.6) is 0 Å². The molecule has 0 aromatic heterocycles. The van der Waals surface area contributed by atoms with Gasteiger partial charge in [0, 0.05) is 31.7 Å². The Hall–Kier alpha value is -2.69. The second-order valence-corrected chi connectivity index (χ2v) is 7.34. The second kappa shape index (κ2) is 7.51. The van der Waals surface area contributed by atoms with Gasteiger partial charge in [-0.05, 0) is 48.6 Å². The molecule has 2 aromatic rings. The Morgan fingerprint density at radius 1 is 1.11 bits per heavy atom. The van der Waals surface area contributed by atoms with Gasteiger partial charge in [0.25, 0.3) is 0 Å². The Balaban J connectivity index is 1.40. The maximum Gasteiger partial charge on any atom is 0.232 e. The van der Waals surface area contributed by atoms with E-state index in [0.717, 1.165) is 30.6 Å². The third-order valence-corrected chi connectivity index (χ3v) is 5.52. The summed E-state index contributed by atoms with van der Waals surface area (Å²) in [5.41, 5.74) is 3.18. The first-order valence-corrected chi connectivity index (χ1v) is 9.53. The molecule has 0 unspecified atom stereocenters. The fourth-order valence-electron chi connectivity index (χ4n) is 4.05. The number of anilines is 1. The quantitative estimate of drug-likeness (QED) is 0.834. The predicted octanol–water partition coefficient (Wildman–Crippen LogP) is 3.20. The number of carbonyl (C=O) groups is 2. The molecule has 4 rings (SSSR count). The summed E-state index contributed by atoms with van der Waals surface area (Å²) < 4.78 is 13.0. The van der Waals surface area contributed by atoms with Crippen molar-refractivity contribution in [3.05, 3.63) is 65.5 Å². The third-order valence-electron chi connectivity index (χ3n) is 5.52. The van der Waals surface area contributed by atoms with Crippen molar-refractivity contribution in [1.82, 2.24) is 4.90 Å². The highest BCUT2D eigenvalue weighted by molar-refractivity contribution is 5.99. The first kappa shape index (κ1) is 17.7. The molecule has 1 atom stereocenters. The number of likely N-dealkylation sites (tertiary alicyclic amines) is 1. The van der Waals surface area contributed by atoms with Crippen molar-refractivity contribution in [2.45, 2.75) is 25.7 Å². The number of hydrogen-bond acceptors (Lipinski definition) is 2. The van der Waals surface area contributed by atoms with Crippen LogP contribution in [-0.4, -0.2) is 36.3 Å². The zero-order valence-electron chi connectivity index (χ0n) is 15.2. The molecule has 2 aliphatic rings. The summed E-state index contributed by atoms with van der Waals surface area (Å²) >= 11 is 0. The lowest BCUT2D eigenvalue weighted by atomic mass is 9.99. The molecule has 0 spiro atoms. The fourth-order valence-corrected chi connectivity index (χ4v) is 4.05. The second-order valence-electron chi connectivity index (χ2n) is 7.34. The molecule has 1 fully saturated rings. The molecule has 0 saturated carbocycles. The maximum absolute atomic E-state index is 13.1. The summed E-state index contributed by atoms with van der Waals surface area (Å²) in [4.78, 5) is 29.1. The van der Waals surface area contributed by atoms with Crippen LogP contribution < -0.4 is 4.90 Å². The Labute approximate surface area is 158 Å². The number of fused-ring (bicyclic) bond motifs is 1. The first-order valence-electron chi connectivity index (χ1n) is 9.53. The summed E-state index contributed by atoms with van der Waals surface area (Å²) in [6.07, 6.45) is 2.89. The molecule has 4 nitrogen and oxygen atoms in total. The number of amides is 2. The van der Waals surface area contributed by atoms with Gasteiger partial charge in [0.15, 0.2) is 0 Å². The number of nitrogens with zero attached hydrogens (tertiary/aromatic N) is 2. The number of benzene rings is 2. The van der Waals surface area contributed by atoms with Gasteiger partial charge in [-0.3, -0.25) is 9.59 Å². The molecule has 5 heteroatoms. The number of aryl methyl sites for hydroxylation is 1. The monoisotopic (exact) mass is 366 g/mol. The highest BCUT2D eigenvalue weighted by atomic mass is 19.1. The first-order chi connectivity index (χ1) is 13.1. The van der Waals surface area contributed by atoms with Gasteiger partial charge in [0.2, 0.25) is 11.8 Å². The number of para-hydroxylation sites is 1. The van der Waals surface area contributed by atoms with E-state index in [4.69, 9.17) is 0 Å². The molecule has 1 saturated heterocycles. The van der Waals surface area contributed by atoms with Crippen LogP contribution in [0.3, 0.4) is 0 Å². The van der Waals surface area contributed by atoms with Crippen LogP contribution in [0.25, 0.3) is 0 Å². The van der Waals surface area contributed by atoms with Gasteiger partial charge in [-0.15, -0.1) is 0 Å². The number of hydrogen-bond donors (Lipinski definition) is 0. The van der Waals surface area contributed by atoms with Crippen LogP contribution in [0.2, 0.25) is 0 Å². The standard InChI is InChI=1S/C22H23FN2O2/c23-19-9-7-16(8-10-19)11-13-24-15-18(14-21(24)26)22(27)25-12-3-5-17-4-1-2-6-20(17)25/h1-2,4,6-10,18H,3,5,11-15H2/t18-/m1/s1. The predicted molar refractivity (Wildman–Crippen MR) is 102 cm³/mol. The Kier molecular flexibility index (Phi) is 4.92. The van der Waals surface area contributed by atoms with Crippen LogP contribution in [0.15, 0.2) is 48.5 Å². The van der Waals surface area contributed by atoms with Gasteiger partial charge in [0.1, 0.15) is 5.82 Å². The van der Waals surface area contributed by atoms with Crippen molar-refractivity contribution in [1.29, 1.82) is 0 Å². The van der Waals surface area contributed by atoms with E-state index in [-0.39, 0.29) is 30.0 Å². The van der Waals surface area contributed by atoms with E-state index in [9.17, 15) is 14.0 Å². The average molecular weight is 366 g/mol. The summed E-state index contributed by atoms with van der Waals surface area (Å²) in [7, 11) is 0. The maximum atomic E-state index is 13.1. The average Bonchev–Trinajstić information content (AvgIpc) is 3.07. The molecule has 140 valence electrons. The summed E-state index contributed by atoms with van der Waals surface area (Å²) in [6, 6.07) is 14.4. The lowest BCUT2D eigenvalue weighted by Gasteiger charge is -2.31. The molecule has 0 bridgehead atoms. The lowest BCUT2D eigenvalue weighted by Crippen LogP contribution is -2.40. The van der Waals surface area contributed by atoms with Crippen molar-refractivity contribution in [2.75, 3.05) is 24.5 Å². The minimum absolute atomic E-state index is 0.0285. The SMILES string of the molecule is O=C1C[C@@H](C(=O)N2CCCc3ccccc32)CN1CCc1ccc(F)cc1.